The van der Waals surface area contributed by atoms with E-state index in [2.05, 4.69) is 47.3 Å². The second kappa shape index (κ2) is 3.84. The second-order valence-electron chi connectivity index (χ2n) is 5.41. The number of rotatable bonds is 1. The first-order valence-electron chi connectivity index (χ1n) is 6.34. The average Bonchev–Trinajstić information content (AvgIpc) is 2.80. The molecule has 1 aromatic heterocycles. The van der Waals surface area contributed by atoms with Gasteiger partial charge in [-0.05, 0) is 48.5 Å². The number of aromatic amines is 1. The summed E-state index contributed by atoms with van der Waals surface area (Å²) in [6.45, 7) is 6.94. The highest BCUT2D eigenvalue weighted by Crippen LogP contribution is 2.37. The molecule has 2 aromatic rings. The van der Waals surface area contributed by atoms with Crippen molar-refractivity contribution < 1.29 is 0 Å². The number of hydrogen-bond acceptors (Lipinski definition) is 2. The molecule has 2 N–H and O–H groups in total. The van der Waals surface area contributed by atoms with Gasteiger partial charge in [-0.15, -0.1) is 0 Å². The summed E-state index contributed by atoms with van der Waals surface area (Å²) in [5.41, 5.74) is 3.92. The fourth-order valence-electron chi connectivity index (χ4n) is 2.86. The minimum Gasteiger partial charge on any atom is -0.345 e. The van der Waals surface area contributed by atoms with E-state index >= 15 is 0 Å². The highest BCUT2D eigenvalue weighted by atomic mass is 14.9. The molecule has 2 atom stereocenters. The Kier molecular flexibility index (Phi) is 2.44. The Bertz CT molecular complexity index is 531. The monoisotopic (exact) mass is 229 g/mol. The largest absolute Gasteiger partial charge is 0.345 e. The normalized spacial score (nSPS) is 29.6. The molecule has 1 fully saturated rings. The standard InChI is InChI=1S/C14H19N3/c1-10-8-15-6-5-14(10,2)11-3-4-12-13(7-11)17-9-16-12/h3-4,7,9-10,15H,5-6,8H2,1-2H3,(H,16,17)/t10-,14-/m0/s1. The average molecular weight is 229 g/mol. The summed E-state index contributed by atoms with van der Waals surface area (Å²) in [6.07, 6.45) is 2.97. The SMILES string of the molecule is C[C@H]1CNCC[C@]1(C)c1ccc2nc[nH]c2c1. The van der Waals surface area contributed by atoms with Gasteiger partial charge in [0.2, 0.25) is 0 Å². The fraction of sp³-hybridized carbons (Fsp3) is 0.500. The topological polar surface area (TPSA) is 40.7 Å². The Balaban J connectivity index is 2.06. The molecule has 1 aromatic carbocycles. The van der Waals surface area contributed by atoms with E-state index in [0.29, 0.717) is 5.92 Å². The smallest absolute Gasteiger partial charge is 0.0931 e. The van der Waals surface area contributed by atoms with Crippen LogP contribution < -0.4 is 5.32 Å². The van der Waals surface area contributed by atoms with E-state index in [4.69, 9.17) is 0 Å². The molecular formula is C14H19N3. The number of nitrogens with zero attached hydrogens (tertiary/aromatic N) is 1. The van der Waals surface area contributed by atoms with Crippen molar-refractivity contribution in [3.05, 3.63) is 30.1 Å². The van der Waals surface area contributed by atoms with E-state index < -0.39 is 0 Å². The molecule has 1 saturated heterocycles. The maximum atomic E-state index is 4.28. The lowest BCUT2D eigenvalue weighted by Crippen LogP contribution is -2.44. The van der Waals surface area contributed by atoms with Gasteiger partial charge in [-0.2, -0.15) is 0 Å². The molecule has 3 heteroatoms. The van der Waals surface area contributed by atoms with Gasteiger partial charge >= 0.3 is 0 Å². The number of H-pyrrole nitrogens is 1. The van der Waals surface area contributed by atoms with E-state index in [1.807, 2.05) is 0 Å². The Labute approximate surface area is 102 Å². The molecule has 3 nitrogen and oxygen atoms in total. The lowest BCUT2D eigenvalue weighted by Gasteiger charge is -2.40. The van der Waals surface area contributed by atoms with Crippen molar-refractivity contribution in [3.8, 4) is 0 Å². The summed E-state index contributed by atoms with van der Waals surface area (Å²) >= 11 is 0. The molecule has 17 heavy (non-hydrogen) atoms. The van der Waals surface area contributed by atoms with Crippen LogP contribution in [0.5, 0.6) is 0 Å². The molecule has 0 aliphatic carbocycles. The van der Waals surface area contributed by atoms with Crippen molar-refractivity contribution in [2.45, 2.75) is 25.7 Å². The first kappa shape index (κ1) is 10.8. The molecule has 0 bridgehead atoms. The molecule has 0 radical (unpaired) electrons. The van der Waals surface area contributed by atoms with Gasteiger partial charge in [0.25, 0.3) is 0 Å². The fourth-order valence-corrected chi connectivity index (χ4v) is 2.86. The van der Waals surface area contributed by atoms with Gasteiger partial charge in [-0.25, -0.2) is 4.98 Å². The van der Waals surface area contributed by atoms with Gasteiger partial charge in [0.1, 0.15) is 0 Å². The molecule has 0 amide bonds. The zero-order valence-electron chi connectivity index (χ0n) is 10.5. The van der Waals surface area contributed by atoms with E-state index in [0.717, 1.165) is 24.1 Å². The van der Waals surface area contributed by atoms with Gasteiger partial charge in [-0.3, -0.25) is 0 Å². The number of imidazole rings is 1. The lowest BCUT2D eigenvalue weighted by molar-refractivity contribution is 0.238. The summed E-state index contributed by atoms with van der Waals surface area (Å²) in [6, 6.07) is 6.64. The molecule has 90 valence electrons. The third-order valence-corrected chi connectivity index (χ3v) is 4.44. The number of fused-ring (bicyclic) bond motifs is 1. The van der Waals surface area contributed by atoms with E-state index in [9.17, 15) is 0 Å². The van der Waals surface area contributed by atoms with Crippen LogP contribution in [0.25, 0.3) is 11.0 Å². The van der Waals surface area contributed by atoms with Crippen molar-refractivity contribution in [1.82, 2.24) is 15.3 Å². The third kappa shape index (κ3) is 1.65. The van der Waals surface area contributed by atoms with Gasteiger partial charge in [0.15, 0.2) is 0 Å². The summed E-state index contributed by atoms with van der Waals surface area (Å²) in [5.74, 6) is 0.664. The predicted octanol–water partition coefficient (Wildman–Crippen LogP) is 2.45. The van der Waals surface area contributed by atoms with Gasteiger partial charge in [0.05, 0.1) is 17.4 Å². The maximum Gasteiger partial charge on any atom is 0.0931 e. The van der Waals surface area contributed by atoms with Gasteiger partial charge < -0.3 is 10.3 Å². The molecule has 0 saturated carbocycles. The molecule has 1 aliphatic heterocycles. The van der Waals surface area contributed by atoms with Crippen LogP contribution in [-0.4, -0.2) is 23.1 Å². The summed E-state index contributed by atoms with van der Waals surface area (Å²) < 4.78 is 0. The first-order valence-corrected chi connectivity index (χ1v) is 6.34. The predicted molar refractivity (Wildman–Crippen MR) is 70.1 cm³/mol. The number of piperidine rings is 1. The summed E-state index contributed by atoms with van der Waals surface area (Å²) in [4.78, 5) is 7.48. The Morgan fingerprint density at radius 2 is 2.29 bits per heavy atom. The second-order valence-corrected chi connectivity index (χ2v) is 5.41. The Hall–Kier alpha value is -1.35. The summed E-state index contributed by atoms with van der Waals surface area (Å²) in [7, 11) is 0. The first-order chi connectivity index (χ1) is 8.20. The van der Waals surface area contributed by atoms with Crippen LogP contribution in [0.2, 0.25) is 0 Å². The van der Waals surface area contributed by atoms with E-state index in [1.54, 1.807) is 6.33 Å². The minimum atomic E-state index is 0.282. The number of aromatic nitrogens is 2. The van der Waals surface area contributed by atoms with Crippen LogP contribution in [0.3, 0.4) is 0 Å². The molecular weight excluding hydrogens is 210 g/mol. The highest BCUT2D eigenvalue weighted by molar-refractivity contribution is 5.75. The van der Waals surface area contributed by atoms with Crippen molar-refractivity contribution in [1.29, 1.82) is 0 Å². The minimum absolute atomic E-state index is 0.282. The van der Waals surface area contributed by atoms with E-state index in [1.165, 1.54) is 12.0 Å². The number of benzene rings is 1. The molecule has 0 unspecified atom stereocenters. The van der Waals surface area contributed by atoms with Crippen LogP contribution >= 0.6 is 0 Å². The van der Waals surface area contributed by atoms with Crippen LogP contribution in [0, 0.1) is 5.92 Å². The third-order valence-electron chi connectivity index (χ3n) is 4.44. The van der Waals surface area contributed by atoms with Crippen LogP contribution in [0.4, 0.5) is 0 Å². The van der Waals surface area contributed by atoms with Crippen molar-refractivity contribution in [2.24, 2.45) is 5.92 Å². The van der Waals surface area contributed by atoms with E-state index in [-0.39, 0.29) is 5.41 Å². The Morgan fingerprint density at radius 3 is 3.12 bits per heavy atom. The maximum absolute atomic E-state index is 4.28. The lowest BCUT2D eigenvalue weighted by atomic mass is 9.68. The molecule has 0 spiro atoms. The number of nitrogens with one attached hydrogen (secondary N) is 2. The zero-order chi connectivity index (χ0) is 11.9. The van der Waals surface area contributed by atoms with Gasteiger partial charge in [-0.1, -0.05) is 19.9 Å². The van der Waals surface area contributed by atoms with Crippen LogP contribution in [-0.2, 0) is 5.41 Å². The van der Waals surface area contributed by atoms with Crippen molar-refractivity contribution in [3.63, 3.8) is 0 Å². The summed E-state index contributed by atoms with van der Waals surface area (Å²) in [5, 5.41) is 3.47. The van der Waals surface area contributed by atoms with Crippen molar-refractivity contribution in [2.75, 3.05) is 13.1 Å². The quantitative estimate of drug-likeness (QED) is 0.788. The van der Waals surface area contributed by atoms with Crippen LogP contribution in [0.1, 0.15) is 25.8 Å². The zero-order valence-corrected chi connectivity index (χ0v) is 10.5. The van der Waals surface area contributed by atoms with Gasteiger partial charge in [0, 0.05) is 0 Å². The Morgan fingerprint density at radius 1 is 1.41 bits per heavy atom. The number of hydrogen-bond donors (Lipinski definition) is 2. The van der Waals surface area contributed by atoms with Crippen LogP contribution in [0.15, 0.2) is 24.5 Å². The molecule has 2 heterocycles. The van der Waals surface area contributed by atoms with Crippen molar-refractivity contribution >= 4 is 11.0 Å². The molecule has 1 aliphatic rings. The highest BCUT2D eigenvalue weighted by Gasteiger charge is 2.35. The molecule has 3 rings (SSSR count).